The lowest BCUT2D eigenvalue weighted by Crippen LogP contribution is -2.36. The molecule has 128 valence electrons. The standard InChI is InChI=1S/C16H14ClF3N2O2/c1-9(23)11-6-10(16(18,19)20)7-12-13(17)8-14(21-15(11)12)22-2-4-24-5-3-22/h6-8H,2-5H2,1H3. The number of anilines is 1. The van der Waals surface area contributed by atoms with Crippen LogP contribution in [0, 0.1) is 0 Å². The topological polar surface area (TPSA) is 42.4 Å². The van der Waals surface area contributed by atoms with Gasteiger partial charge in [0.1, 0.15) is 5.82 Å². The molecule has 0 aliphatic carbocycles. The van der Waals surface area contributed by atoms with Crippen LogP contribution in [0.25, 0.3) is 10.9 Å². The molecule has 2 heterocycles. The summed E-state index contributed by atoms with van der Waals surface area (Å²) in [6, 6.07) is 3.29. The van der Waals surface area contributed by atoms with Gasteiger partial charge in [-0.05, 0) is 25.1 Å². The number of halogens is 4. The highest BCUT2D eigenvalue weighted by atomic mass is 35.5. The first-order valence-electron chi connectivity index (χ1n) is 7.32. The number of carbonyl (C=O) groups is 1. The maximum Gasteiger partial charge on any atom is 0.416 e. The third kappa shape index (κ3) is 3.18. The van der Waals surface area contributed by atoms with E-state index in [0.29, 0.717) is 32.1 Å². The number of rotatable bonds is 2. The molecule has 0 spiro atoms. The molecule has 0 bridgehead atoms. The van der Waals surface area contributed by atoms with Crippen molar-refractivity contribution in [1.29, 1.82) is 0 Å². The Morgan fingerprint density at radius 3 is 2.50 bits per heavy atom. The van der Waals surface area contributed by atoms with Crippen LogP contribution in [0.2, 0.25) is 5.02 Å². The van der Waals surface area contributed by atoms with Gasteiger partial charge in [-0.15, -0.1) is 0 Å². The van der Waals surface area contributed by atoms with Crippen LogP contribution in [-0.4, -0.2) is 37.1 Å². The van der Waals surface area contributed by atoms with E-state index in [1.54, 1.807) is 0 Å². The molecule has 0 amide bonds. The summed E-state index contributed by atoms with van der Waals surface area (Å²) >= 11 is 6.20. The van der Waals surface area contributed by atoms with Gasteiger partial charge in [0.05, 0.1) is 29.3 Å². The van der Waals surface area contributed by atoms with E-state index in [4.69, 9.17) is 16.3 Å². The van der Waals surface area contributed by atoms with Gasteiger partial charge in [-0.25, -0.2) is 4.98 Å². The molecule has 1 saturated heterocycles. The fourth-order valence-electron chi connectivity index (χ4n) is 2.66. The number of alkyl halides is 3. The molecule has 0 atom stereocenters. The first kappa shape index (κ1) is 17.0. The second-order valence-electron chi connectivity index (χ2n) is 5.54. The number of pyridine rings is 1. The van der Waals surface area contributed by atoms with Crippen LogP contribution in [0.4, 0.5) is 19.0 Å². The average Bonchev–Trinajstić information content (AvgIpc) is 2.53. The Kier molecular flexibility index (Phi) is 4.40. The minimum absolute atomic E-state index is 0.0863. The summed E-state index contributed by atoms with van der Waals surface area (Å²) in [6.07, 6.45) is -4.56. The number of benzene rings is 1. The predicted molar refractivity (Wildman–Crippen MR) is 84.8 cm³/mol. The molecule has 1 aliphatic rings. The van der Waals surface area contributed by atoms with E-state index in [-0.39, 0.29) is 21.5 Å². The predicted octanol–water partition coefficient (Wildman–Crippen LogP) is 3.95. The quantitative estimate of drug-likeness (QED) is 0.762. The van der Waals surface area contributed by atoms with Crippen molar-refractivity contribution >= 4 is 34.1 Å². The molecule has 0 radical (unpaired) electrons. The summed E-state index contributed by atoms with van der Waals surface area (Å²) in [5.74, 6) is 0.0341. The number of aromatic nitrogens is 1. The first-order chi connectivity index (χ1) is 11.3. The van der Waals surface area contributed by atoms with Crippen LogP contribution in [0.1, 0.15) is 22.8 Å². The second-order valence-corrected chi connectivity index (χ2v) is 5.94. The number of hydrogen-bond donors (Lipinski definition) is 0. The zero-order valence-corrected chi connectivity index (χ0v) is 13.5. The van der Waals surface area contributed by atoms with Crippen molar-refractivity contribution in [3.8, 4) is 0 Å². The van der Waals surface area contributed by atoms with Crippen molar-refractivity contribution in [3.63, 3.8) is 0 Å². The summed E-state index contributed by atoms with van der Waals surface area (Å²) in [4.78, 5) is 18.2. The number of nitrogens with zero attached hydrogens (tertiary/aromatic N) is 2. The Bertz CT molecular complexity index is 802. The number of ether oxygens (including phenoxy) is 1. The number of morpholine rings is 1. The number of carbonyl (C=O) groups excluding carboxylic acids is 1. The highest BCUT2D eigenvalue weighted by Crippen LogP contribution is 2.36. The van der Waals surface area contributed by atoms with Gasteiger partial charge < -0.3 is 9.64 Å². The normalized spacial score (nSPS) is 15.8. The highest BCUT2D eigenvalue weighted by molar-refractivity contribution is 6.36. The molecule has 8 heteroatoms. The van der Waals surface area contributed by atoms with E-state index in [0.717, 1.165) is 12.1 Å². The average molecular weight is 359 g/mol. The summed E-state index contributed by atoms with van der Waals surface area (Å²) < 4.78 is 44.5. The van der Waals surface area contributed by atoms with Gasteiger partial charge in [0.15, 0.2) is 5.78 Å². The maximum atomic E-state index is 13.1. The third-order valence-corrected chi connectivity index (χ3v) is 4.20. The molecule has 3 rings (SSSR count). The Hall–Kier alpha value is -1.86. The van der Waals surface area contributed by atoms with Crippen molar-refractivity contribution in [2.24, 2.45) is 0 Å². The molecule has 1 fully saturated rings. The number of Topliss-reactive ketones (excluding diaryl/α,β-unsaturated/α-hetero) is 1. The summed E-state index contributed by atoms with van der Waals surface area (Å²) in [7, 11) is 0. The molecule has 4 nitrogen and oxygen atoms in total. The van der Waals surface area contributed by atoms with Crippen molar-refractivity contribution < 1.29 is 22.7 Å². The minimum atomic E-state index is -4.56. The maximum absolute atomic E-state index is 13.1. The van der Waals surface area contributed by atoms with E-state index in [9.17, 15) is 18.0 Å². The highest BCUT2D eigenvalue weighted by Gasteiger charge is 2.32. The third-order valence-electron chi connectivity index (χ3n) is 3.89. The van der Waals surface area contributed by atoms with Crippen LogP contribution < -0.4 is 4.90 Å². The van der Waals surface area contributed by atoms with Gasteiger partial charge in [-0.1, -0.05) is 11.6 Å². The Morgan fingerprint density at radius 1 is 1.25 bits per heavy atom. The Morgan fingerprint density at radius 2 is 1.92 bits per heavy atom. The lowest BCUT2D eigenvalue weighted by molar-refractivity contribution is -0.137. The van der Waals surface area contributed by atoms with E-state index in [1.807, 2.05) is 4.90 Å². The van der Waals surface area contributed by atoms with Gasteiger partial charge in [0.2, 0.25) is 0 Å². The fourth-order valence-corrected chi connectivity index (χ4v) is 2.90. The van der Waals surface area contributed by atoms with Crippen molar-refractivity contribution in [2.45, 2.75) is 13.1 Å². The number of hydrogen-bond acceptors (Lipinski definition) is 4. The summed E-state index contributed by atoms with van der Waals surface area (Å²) in [5, 5.41) is 0.254. The van der Waals surface area contributed by atoms with Crippen LogP contribution in [-0.2, 0) is 10.9 Å². The van der Waals surface area contributed by atoms with E-state index in [1.165, 1.54) is 13.0 Å². The van der Waals surface area contributed by atoms with Gasteiger partial charge in [0, 0.05) is 24.0 Å². The number of fused-ring (bicyclic) bond motifs is 1. The molecule has 0 unspecified atom stereocenters. The van der Waals surface area contributed by atoms with Crippen molar-refractivity contribution in [1.82, 2.24) is 4.98 Å². The molecule has 1 aromatic carbocycles. The van der Waals surface area contributed by atoms with Crippen molar-refractivity contribution in [2.75, 3.05) is 31.2 Å². The fraction of sp³-hybridized carbons (Fsp3) is 0.375. The van der Waals surface area contributed by atoms with Gasteiger partial charge in [0.25, 0.3) is 0 Å². The molecule has 1 aromatic heterocycles. The molecule has 0 saturated carbocycles. The monoisotopic (exact) mass is 358 g/mol. The smallest absolute Gasteiger partial charge is 0.378 e. The molecule has 2 aromatic rings. The van der Waals surface area contributed by atoms with E-state index in [2.05, 4.69) is 4.98 Å². The van der Waals surface area contributed by atoms with Gasteiger partial charge >= 0.3 is 6.18 Å². The van der Waals surface area contributed by atoms with E-state index < -0.39 is 17.5 Å². The van der Waals surface area contributed by atoms with Crippen LogP contribution in [0.15, 0.2) is 18.2 Å². The molecular weight excluding hydrogens is 345 g/mol. The lowest BCUT2D eigenvalue weighted by atomic mass is 10.0. The second kappa shape index (κ2) is 6.22. The zero-order valence-electron chi connectivity index (χ0n) is 12.8. The Balaban J connectivity index is 2.22. The molecule has 0 N–H and O–H groups in total. The van der Waals surface area contributed by atoms with Crippen LogP contribution in [0.5, 0.6) is 0 Å². The Labute approximate surface area is 141 Å². The number of ketones is 1. The van der Waals surface area contributed by atoms with Gasteiger partial charge in [-0.3, -0.25) is 4.79 Å². The molecule has 24 heavy (non-hydrogen) atoms. The van der Waals surface area contributed by atoms with E-state index >= 15 is 0 Å². The van der Waals surface area contributed by atoms with Crippen molar-refractivity contribution in [3.05, 3.63) is 34.3 Å². The largest absolute Gasteiger partial charge is 0.416 e. The summed E-state index contributed by atoms with van der Waals surface area (Å²) in [6.45, 7) is 3.48. The zero-order chi connectivity index (χ0) is 17.5. The minimum Gasteiger partial charge on any atom is -0.378 e. The van der Waals surface area contributed by atoms with Crippen LogP contribution >= 0.6 is 11.6 Å². The molecular formula is C16H14ClF3N2O2. The summed E-state index contributed by atoms with van der Waals surface area (Å²) in [5.41, 5.74) is -0.815. The SMILES string of the molecule is CC(=O)c1cc(C(F)(F)F)cc2c(Cl)cc(N3CCOCC3)nc12. The molecule has 1 aliphatic heterocycles. The van der Waals surface area contributed by atoms with Crippen LogP contribution in [0.3, 0.4) is 0 Å². The lowest BCUT2D eigenvalue weighted by Gasteiger charge is -2.28. The van der Waals surface area contributed by atoms with Gasteiger partial charge in [-0.2, -0.15) is 13.2 Å². The first-order valence-corrected chi connectivity index (χ1v) is 7.70.